The van der Waals surface area contributed by atoms with E-state index in [-0.39, 0.29) is 71.3 Å². The Kier molecular flexibility index (Phi) is 34.8. The van der Waals surface area contributed by atoms with Gasteiger partial charge in [0.05, 0.1) is 0 Å². The zero-order valence-corrected chi connectivity index (χ0v) is 24.7. The molecule has 0 aliphatic heterocycles. The number of hydrogen-bond acceptors (Lipinski definition) is 0. The molecule has 23 heavy (non-hydrogen) atoms. The second-order valence-electron chi connectivity index (χ2n) is 5.03. The molecule has 2 aromatic carbocycles. The van der Waals surface area contributed by atoms with Crippen LogP contribution in [0.1, 0.15) is 26.3 Å². The molecule has 0 unspecified atom stereocenters. The Hall–Kier alpha value is 1.81. The van der Waals surface area contributed by atoms with Crippen LogP contribution in [0.5, 0.6) is 0 Å². The fourth-order valence-electron chi connectivity index (χ4n) is 1.35. The van der Waals surface area contributed by atoms with Crippen molar-refractivity contribution in [3.05, 3.63) is 61.0 Å². The molecule has 0 aliphatic rings. The van der Waals surface area contributed by atoms with Gasteiger partial charge in [0.1, 0.15) is 0 Å². The van der Waals surface area contributed by atoms with Gasteiger partial charge >= 0.3 is 30.2 Å². The number of nitrogens with one attached hydrogen (secondary N) is 1. The third-order valence-corrected chi connectivity index (χ3v) is 2.53. The molecule has 1 nitrogen and oxygen atoms in total. The van der Waals surface area contributed by atoms with Crippen LogP contribution in [0.4, 0.5) is 0 Å². The Labute approximate surface area is 199 Å². The van der Waals surface area contributed by atoms with Gasteiger partial charge in [-0.25, -0.2) is 0 Å². The topological polar surface area (TPSA) is 23.8 Å². The van der Waals surface area contributed by atoms with Crippen molar-refractivity contribution in [1.82, 2.24) is 0 Å². The van der Waals surface area contributed by atoms with Crippen LogP contribution in [0.2, 0.25) is 0 Å². The molecule has 0 amide bonds. The molecule has 0 saturated heterocycles. The van der Waals surface area contributed by atoms with E-state index >= 15 is 0 Å². The van der Waals surface area contributed by atoms with E-state index in [0.717, 1.165) is 0 Å². The fourth-order valence-corrected chi connectivity index (χ4v) is 1.84. The van der Waals surface area contributed by atoms with Crippen molar-refractivity contribution < 1.29 is 23.3 Å². The summed E-state index contributed by atoms with van der Waals surface area (Å²) in [6.45, 7) is 10.7. The quantitative estimate of drug-likeness (QED) is 0.202. The normalized spacial score (nSPS) is 7.87. The number of benzene rings is 1. The van der Waals surface area contributed by atoms with Crippen molar-refractivity contribution in [2.45, 2.75) is 33.2 Å². The van der Waals surface area contributed by atoms with Crippen LogP contribution >= 0.6 is 66.9 Å². The van der Waals surface area contributed by atoms with Gasteiger partial charge in [-0.3, -0.25) is 0 Å². The Morgan fingerprint density at radius 3 is 1.83 bits per heavy atom. The number of hydrogen-bond donors (Lipinski definition) is 0. The molecule has 0 spiro atoms. The van der Waals surface area contributed by atoms with E-state index < -0.39 is 0 Å². The molecule has 1 N–H and O–H groups in total. The summed E-state index contributed by atoms with van der Waals surface area (Å²) in [6.07, 6.45) is 0. The average molecular weight is 672 g/mol. The summed E-state index contributed by atoms with van der Waals surface area (Å²) in [6, 6.07) is 10.7. The molecule has 2 aromatic rings. The predicted octanol–water partition coefficient (Wildman–Crippen LogP) is 7.72. The second kappa shape index (κ2) is 20.1. The number of fused-ring (bicyclic) bond motifs is 1. The summed E-state index contributed by atoms with van der Waals surface area (Å²) in [5, 5.41) is 2.63. The summed E-state index contributed by atoms with van der Waals surface area (Å²) in [7, 11) is 0. The molecular weight excluding hydrogens is 645 g/mol. The van der Waals surface area contributed by atoms with Gasteiger partial charge in [-0.1, -0.05) is 49.7 Å². The monoisotopic (exact) mass is 667 g/mol. The first kappa shape index (κ1) is 39.8. The van der Waals surface area contributed by atoms with Gasteiger partial charge < -0.3 is 20.6 Å². The maximum absolute atomic E-state index is 6.94. The molecule has 0 fully saturated rings. The van der Waals surface area contributed by atoms with E-state index in [2.05, 4.69) is 60.1 Å². The van der Waals surface area contributed by atoms with Gasteiger partial charge in [-0.2, -0.15) is 6.07 Å². The Balaban J connectivity index is -0.0000000540. The van der Waals surface area contributed by atoms with Gasteiger partial charge in [0.15, 0.2) is 0 Å². The van der Waals surface area contributed by atoms with Crippen LogP contribution in [-0.4, -0.2) is 12.4 Å². The molecular formula is C16H27Br4NSiZr-4. The fraction of sp³-hybridized carbons (Fsp3) is 0.312. The molecule has 0 aliphatic carbocycles. The molecule has 0 bridgehead atoms. The standard InChI is InChI=1S/C10H8Br.C4H10N.2CH3.3BrH.Si.Zr/c1-7-5-8-3-2-4-10(11)9(8)6-7;1-4(2,3)5;;;;;;;/h2-6H,1H3;5H,1-3H3;2*1H3;3*1H;;/q4*-1;;;;;. The van der Waals surface area contributed by atoms with Crippen LogP contribution in [0, 0.1) is 21.8 Å². The van der Waals surface area contributed by atoms with E-state index in [1.54, 1.807) is 0 Å². The predicted molar refractivity (Wildman–Crippen MR) is 126 cm³/mol. The number of aryl methyl sites for hydroxylation is 1. The first-order valence-electron chi connectivity index (χ1n) is 5.59. The zero-order valence-electron chi connectivity index (χ0n) is 14.5. The van der Waals surface area contributed by atoms with Crippen LogP contribution < -0.4 is 0 Å². The minimum absolute atomic E-state index is 0. The number of rotatable bonds is 0. The van der Waals surface area contributed by atoms with Gasteiger partial charge in [0.25, 0.3) is 0 Å². The molecule has 0 atom stereocenters. The number of halogens is 4. The molecule has 2 radical (unpaired) electrons. The summed E-state index contributed by atoms with van der Waals surface area (Å²) in [5.74, 6) is 0. The third kappa shape index (κ3) is 20.0. The molecule has 0 heterocycles. The summed E-state index contributed by atoms with van der Waals surface area (Å²) in [5.41, 5.74) is 8.01. The van der Waals surface area contributed by atoms with Crippen LogP contribution in [-0.2, 0) is 23.3 Å². The van der Waals surface area contributed by atoms with Crippen molar-refractivity contribution >= 4 is 84.5 Å². The zero-order chi connectivity index (χ0) is 14.3. The second-order valence-corrected chi connectivity index (χ2v) is 5.88. The van der Waals surface area contributed by atoms with Crippen molar-refractivity contribution in [3.63, 3.8) is 0 Å². The molecule has 136 valence electrons. The Bertz CT molecular complexity index is 492. The minimum atomic E-state index is -0.250. The Morgan fingerprint density at radius 2 is 1.48 bits per heavy atom. The van der Waals surface area contributed by atoms with E-state index in [9.17, 15) is 0 Å². The van der Waals surface area contributed by atoms with Crippen molar-refractivity contribution in [1.29, 1.82) is 0 Å². The van der Waals surface area contributed by atoms with Gasteiger partial charge in [0, 0.05) is 0 Å². The van der Waals surface area contributed by atoms with Crippen molar-refractivity contribution in [2.75, 3.05) is 0 Å². The maximum atomic E-state index is 6.94. The first-order valence-corrected chi connectivity index (χ1v) is 10.6. The van der Waals surface area contributed by atoms with Crippen molar-refractivity contribution in [2.24, 2.45) is 0 Å². The first-order chi connectivity index (χ1) is 8.27. The summed E-state index contributed by atoms with van der Waals surface area (Å²) >= 11 is 4.87. The van der Waals surface area contributed by atoms with E-state index in [1.807, 2.05) is 20.8 Å². The van der Waals surface area contributed by atoms with E-state index in [0.29, 0.717) is 0 Å². The molecule has 0 saturated carbocycles. The van der Waals surface area contributed by atoms with E-state index in [4.69, 9.17) is 5.73 Å². The van der Waals surface area contributed by atoms with Gasteiger partial charge in [-0.05, 0) is 4.47 Å². The third-order valence-electron chi connectivity index (χ3n) is 1.84. The average Bonchev–Trinajstić information content (AvgIpc) is 2.61. The molecule has 2 rings (SSSR count). The SMILES string of the molecule is Br.Br.Br.CC(C)(C)[NH-].Cc1cc2c(Br)cccc2[cH-]1.[CH3-].[CH3-].[Si]=[Zr]. The molecule has 0 aromatic heterocycles. The summed E-state index contributed by atoms with van der Waals surface area (Å²) < 4.78 is 1.18. The Morgan fingerprint density at radius 1 is 1.09 bits per heavy atom. The van der Waals surface area contributed by atoms with E-state index in [1.165, 1.54) is 44.1 Å². The van der Waals surface area contributed by atoms with Crippen molar-refractivity contribution in [3.8, 4) is 0 Å². The molecule has 7 heteroatoms. The van der Waals surface area contributed by atoms with Crippen LogP contribution in [0.15, 0.2) is 34.8 Å². The summed E-state index contributed by atoms with van der Waals surface area (Å²) in [4.78, 5) is 0. The van der Waals surface area contributed by atoms with Gasteiger partial charge in [0.2, 0.25) is 0 Å². The van der Waals surface area contributed by atoms with Gasteiger partial charge in [-0.15, -0.1) is 91.0 Å². The van der Waals surface area contributed by atoms with Crippen LogP contribution in [0.25, 0.3) is 16.5 Å². The van der Waals surface area contributed by atoms with Crippen LogP contribution in [0.3, 0.4) is 0 Å².